The summed E-state index contributed by atoms with van der Waals surface area (Å²) in [6.07, 6.45) is 1.99. The SMILES string of the molecule is CN(CC(=O)Nc1ccc(OC(F)F)c(Cl)c1)C1CCc2ccccc21. The van der Waals surface area contributed by atoms with Crippen molar-refractivity contribution in [2.24, 2.45) is 0 Å². The number of alkyl halides is 2. The first-order valence-electron chi connectivity index (χ1n) is 8.26. The number of rotatable bonds is 6. The number of amides is 1. The van der Waals surface area contributed by atoms with Crippen LogP contribution in [0.15, 0.2) is 42.5 Å². The molecule has 1 atom stereocenters. The van der Waals surface area contributed by atoms with Crippen molar-refractivity contribution in [2.45, 2.75) is 25.5 Å². The smallest absolute Gasteiger partial charge is 0.387 e. The van der Waals surface area contributed by atoms with E-state index >= 15 is 0 Å². The number of hydrogen-bond acceptors (Lipinski definition) is 3. The van der Waals surface area contributed by atoms with Crippen LogP contribution < -0.4 is 10.1 Å². The van der Waals surface area contributed by atoms with Gasteiger partial charge in [0.1, 0.15) is 5.75 Å². The van der Waals surface area contributed by atoms with E-state index in [9.17, 15) is 13.6 Å². The highest BCUT2D eigenvalue weighted by Gasteiger charge is 2.26. The number of anilines is 1. The Labute approximate surface area is 155 Å². The number of carbonyl (C=O) groups excluding carboxylic acids is 1. The lowest BCUT2D eigenvalue weighted by Crippen LogP contribution is -2.32. The summed E-state index contributed by atoms with van der Waals surface area (Å²) < 4.78 is 28.8. The molecule has 0 radical (unpaired) electrons. The molecule has 0 saturated heterocycles. The molecule has 0 aliphatic heterocycles. The third kappa shape index (κ3) is 4.31. The maximum atomic E-state index is 12.3. The Morgan fingerprint density at radius 2 is 2.12 bits per heavy atom. The van der Waals surface area contributed by atoms with Gasteiger partial charge in [0.25, 0.3) is 0 Å². The van der Waals surface area contributed by atoms with E-state index in [1.165, 1.54) is 29.3 Å². The zero-order valence-electron chi connectivity index (χ0n) is 14.2. The summed E-state index contributed by atoms with van der Waals surface area (Å²) >= 11 is 5.90. The average Bonchev–Trinajstić information content (AvgIpc) is 3.01. The number of aryl methyl sites for hydroxylation is 1. The van der Waals surface area contributed by atoms with Gasteiger partial charge in [0, 0.05) is 11.7 Å². The van der Waals surface area contributed by atoms with Crippen LogP contribution in [0.25, 0.3) is 0 Å². The van der Waals surface area contributed by atoms with E-state index in [-0.39, 0.29) is 29.3 Å². The molecule has 1 aliphatic carbocycles. The van der Waals surface area contributed by atoms with Crippen molar-refractivity contribution in [3.63, 3.8) is 0 Å². The van der Waals surface area contributed by atoms with Crippen LogP contribution in [0.4, 0.5) is 14.5 Å². The van der Waals surface area contributed by atoms with E-state index < -0.39 is 6.61 Å². The molecule has 0 spiro atoms. The lowest BCUT2D eigenvalue weighted by atomic mass is 10.1. The predicted molar refractivity (Wildman–Crippen MR) is 96.8 cm³/mol. The predicted octanol–water partition coefficient (Wildman–Crippen LogP) is 4.50. The molecule has 1 amide bonds. The monoisotopic (exact) mass is 380 g/mol. The number of hydrogen-bond donors (Lipinski definition) is 1. The van der Waals surface area contributed by atoms with Gasteiger partial charge >= 0.3 is 6.61 Å². The summed E-state index contributed by atoms with van der Waals surface area (Å²) in [5, 5.41) is 2.75. The Morgan fingerprint density at radius 1 is 1.35 bits per heavy atom. The summed E-state index contributed by atoms with van der Waals surface area (Å²) in [7, 11) is 1.92. The van der Waals surface area contributed by atoms with Gasteiger partial charge in [0.05, 0.1) is 11.6 Å². The van der Waals surface area contributed by atoms with Crippen LogP contribution in [0.2, 0.25) is 5.02 Å². The zero-order valence-corrected chi connectivity index (χ0v) is 15.0. The van der Waals surface area contributed by atoms with Crippen LogP contribution >= 0.6 is 11.6 Å². The van der Waals surface area contributed by atoms with E-state index in [2.05, 4.69) is 22.2 Å². The first-order chi connectivity index (χ1) is 12.4. The van der Waals surface area contributed by atoms with E-state index in [1.54, 1.807) is 0 Å². The Kier molecular flexibility index (Phi) is 5.74. The van der Waals surface area contributed by atoms with Crippen LogP contribution in [-0.2, 0) is 11.2 Å². The lowest BCUT2D eigenvalue weighted by Gasteiger charge is -2.24. The zero-order chi connectivity index (χ0) is 18.7. The molecule has 2 aromatic carbocycles. The van der Waals surface area contributed by atoms with Crippen molar-refractivity contribution in [1.82, 2.24) is 4.90 Å². The fourth-order valence-electron chi connectivity index (χ4n) is 3.30. The van der Waals surface area contributed by atoms with Gasteiger partial charge in [-0.05, 0) is 49.2 Å². The van der Waals surface area contributed by atoms with Crippen molar-refractivity contribution in [2.75, 3.05) is 18.9 Å². The second-order valence-corrected chi connectivity index (χ2v) is 6.65. The largest absolute Gasteiger partial charge is 0.433 e. The third-order valence-electron chi connectivity index (χ3n) is 4.46. The lowest BCUT2D eigenvalue weighted by molar-refractivity contribution is -0.117. The second-order valence-electron chi connectivity index (χ2n) is 6.24. The first-order valence-corrected chi connectivity index (χ1v) is 8.64. The summed E-state index contributed by atoms with van der Waals surface area (Å²) in [5.74, 6) is -0.324. The van der Waals surface area contributed by atoms with Crippen molar-refractivity contribution in [3.8, 4) is 5.75 Å². The molecule has 0 fully saturated rings. The molecule has 1 N–H and O–H groups in total. The Bertz CT molecular complexity index is 801. The Balaban J connectivity index is 1.60. The minimum atomic E-state index is -2.95. The number of halogens is 3. The molecule has 0 heterocycles. The number of nitrogens with one attached hydrogen (secondary N) is 1. The molecule has 1 aliphatic rings. The average molecular weight is 381 g/mol. The number of fused-ring (bicyclic) bond motifs is 1. The van der Waals surface area contributed by atoms with Gasteiger partial charge in [-0.1, -0.05) is 35.9 Å². The van der Waals surface area contributed by atoms with Gasteiger partial charge in [0.2, 0.25) is 5.91 Å². The summed E-state index contributed by atoms with van der Waals surface area (Å²) in [5.41, 5.74) is 3.02. The van der Waals surface area contributed by atoms with Crippen molar-refractivity contribution in [1.29, 1.82) is 0 Å². The molecule has 0 saturated carbocycles. The molecule has 2 aromatic rings. The number of likely N-dealkylation sites (N-methyl/N-ethyl adjacent to an activating group) is 1. The highest BCUT2D eigenvalue weighted by molar-refractivity contribution is 6.32. The minimum Gasteiger partial charge on any atom is -0.433 e. The highest BCUT2D eigenvalue weighted by Crippen LogP contribution is 2.34. The van der Waals surface area contributed by atoms with Crippen LogP contribution in [0, 0.1) is 0 Å². The normalized spacial score (nSPS) is 16.0. The molecule has 1 unspecified atom stereocenters. The van der Waals surface area contributed by atoms with Gasteiger partial charge in [-0.25, -0.2) is 0 Å². The molecule has 26 heavy (non-hydrogen) atoms. The number of carbonyl (C=O) groups is 1. The third-order valence-corrected chi connectivity index (χ3v) is 4.75. The van der Waals surface area contributed by atoms with Crippen molar-refractivity contribution >= 4 is 23.2 Å². The van der Waals surface area contributed by atoms with Crippen LogP contribution in [0.3, 0.4) is 0 Å². The minimum absolute atomic E-state index is 0.0150. The first kappa shape index (κ1) is 18.6. The Morgan fingerprint density at radius 3 is 2.85 bits per heavy atom. The maximum absolute atomic E-state index is 12.3. The van der Waals surface area contributed by atoms with Crippen LogP contribution in [0.5, 0.6) is 5.75 Å². The quantitative estimate of drug-likeness (QED) is 0.802. The standard InChI is InChI=1S/C19H19ClF2N2O2/c1-24(16-8-6-12-4-2-3-5-14(12)16)11-18(25)23-13-7-9-17(15(20)10-13)26-19(21)22/h2-5,7,9-10,16,19H,6,8,11H2,1H3,(H,23,25). The highest BCUT2D eigenvalue weighted by atomic mass is 35.5. The summed E-state index contributed by atoms with van der Waals surface area (Å²) in [6, 6.07) is 12.6. The molecule has 0 bridgehead atoms. The fourth-order valence-corrected chi connectivity index (χ4v) is 3.52. The molecule has 4 nitrogen and oxygen atoms in total. The van der Waals surface area contributed by atoms with Gasteiger partial charge < -0.3 is 10.1 Å². The van der Waals surface area contributed by atoms with E-state index in [1.807, 2.05) is 24.1 Å². The van der Waals surface area contributed by atoms with Crippen LogP contribution in [-0.4, -0.2) is 31.0 Å². The van der Waals surface area contributed by atoms with Gasteiger partial charge in [-0.3, -0.25) is 9.69 Å². The van der Waals surface area contributed by atoms with E-state index in [0.29, 0.717) is 5.69 Å². The number of nitrogens with zero attached hydrogens (tertiary/aromatic N) is 1. The molecule has 138 valence electrons. The van der Waals surface area contributed by atoms with Crippen LogP contribution in [0.1, 0.15) is 23.6 Å². The Hall–Kier alpha value is -2.18. The number of benzene rings is 2. The molecular weight excluding hydrogens is 362 g/mol. The van der Waals surface area contributed by atoms with Gasteiger partial charge in [0.15, 0.2) is 0 Å². The van der Waals surface area contributed by atoms with Gasteiger partial charge in [-0.2, -0.15) is 8.78 Å². The summed E-state index contributed by atoms with van der Waals surface area (Å²) in [4.78, 5) is 14.3. The van der Waals surface area contributed by atoms with E-state index in [0.717, 1.165) is 12.8 Å². The van der Waals surface area contributed by atoms with Crippen molar-refractivity contribution in [3.05, 3.63) is 58.6 Å². The second kappa shape index (κ2) is 8.01. The topological polar surface area (TPSA) is 41.6 Å². The molecule has 0 aromatic heterocycles. The van der Waals surface area contributed by atoms with E-state index in [4.69, 9.17) is 11.6 Å². The summed E-state index contributed by atoms with van der Waals surface area (Å²) in [6.45, 7) is -2.73. The fraction of sp³-hybridized carbons (Fsp3) is 0.316. The van der Waals surface area contributed by atoms with Gasteiger partial charge in [-0.15, -0.1) is 0 Å². The molecule has 3 rings (SSSR count). The van der Waals surface area contributed by atoms with Crippen molar-refractivity contribution < 1.29 is 18.3 Å². The molecular formula is C19H19ClF2N2O2. The molecule has 7 heteroatoms. The maximum Gasteiger partial charge on any atom is 0.387 e. The number of ether oxygens (including phenoxy) is 1.